The van der Waals surface area contributed by atoms with Gasteiger partial charge in [0.05, 0.1) is 0 Å². The fourth-order valence-corrected chi connectivity index (χ4v) is 3.22. The molecule has 2 nitrogen and oxygen atoms in total. The van der Waals surface area contributed by atoms with Crippen molar-refractivity contribution in [3.8, 4) is 0 Å². The summed E-state index contributed by atoms with van der Waals surface area (Å²) < 4.78 is 0. The van der Waals surface area contributed by atoms with Crippen molar-refractivity contribution in [2.24, 2.45) is 5.92 Å². The molecule has 0 radical (unpaired) electrons. The van der Waals surface area contributed by atoms with Gasteiger partial charge in [-0.05, 0) is 28.3 Å². The van der Waals surface area contributed by atoms with Gasteiger partial charge in [-0.15, -0.1) is 0 Å². The molecule has 2 rings (SSSR count). The third kappa shape index (κ3) is 2.65. The van der Waals surface area contributed by atoms with Crippen LogP contribution in [0.4, 0.5) is 0 Å². The van der Waals surface area contributed by atoms with E-state index in [0.29, 0.717) is 6.04 Å². The molecule has 0 aromatic carbocycles. The molecule has 0 amide bonds. The Labute approximate surface area is 103 Å². The second-order valence-electron chi connectivity index (χ2n) is 4.67. The Morgan fingerprint density at radius 3 is 2.75 bits per heavy atom. The monoisotopic (exact) mass is 238 g/mol. The minimum absolute atomic E-state index is 0.623. The molecule has 2 atom stereocenters. The van der Waals surface area contributed by atoms with Crippen molar-refractivity contribution in [1.82, 2.24) is 10.2 Å². The molecular weight excluding hydrogens is 216 g/mol. The van der Waals surface area contributed by atoms with Crippen molar-refractivity contribution < 1.29 is 0 Å². The minimum atomic E-state index is 0.623. The predicted molar refractivity (Wildman–Crippen MR) is 71.0 cm³/mol. The first kappa shape index (κ1) is 12.1. The molecule has 3 heteroatoms. The van der Waals surface area contributed by atoms with Crippen LogP contribution in [0.1, 0.15) is 31.9 Å². The molecule has 1 aromatic heterocycles. The quantitative estimate of drug-likeness (QED) is 0.867. The van der Waals surface area contributed by atoms with Crippen molar-refractivity contribution in [3.63, 3.8) is 0 Å². The largest absolute Gasteiger partial charge is 0.314 e. The number of nitrogens with one attached hydrogen (secondary N) is 1. The average Bonchev–Trinajstić information content (AvgIpc) is 2.84. The van der Waals surface area contributed by atoms with Crippen LogP contribution in [0.2, 0.25) is 0 Å². The molecule has 1 aliphatic rings. The Hall–Kier alpha value is -0.380. The zero-order chi connectivity index (χ0) is 11.4. The molecule has 1 unspecified atom stereocenters. The number of thiophene rings is 1. The van der Waals surface area contributed by atoms with E-state index in [1.165, 1.54) is 25.1 Å². The first-order chi connectivity index (χ1) is 7.83. The van der Waals surface area contributed by atoms with E-state index in [4.69, 9.17) is 0 Å². The van der Waals surface area contributed by atoms with E-state index in [1.54, 1.807) is 0 Å². The van der Waals surface area contributed by atoms with Gasteiger partial charge in [-0.1, -0.05) is 20.3 Å². The third-order valence-corrected chi connectivity index (χ3v) is 4.31. The van der Waals surface area contributed by atoms with Gasteiger partial charge in [0.2, 0.25) is 0 Å². The van der Waals surface area contributed by atoms with Gasteiger partial charge in [-0.2, -0.15) is 11.3 Å². The highest BCUT2D eigenvalue weighted by Gasteiger charge is 2.26. The lowest BCUT2D eigenvalue weighted by atomic mass is 9.92. The molecule has 1 fully saturated rings. The second-order valence-corrected chi connectivity index (χ2v) is 5.45. The Kier molecular flexibility index (Phi) is 4.38. The van der Waals surface area contributed by atoms with E-state index in [0.717, 1.165) is 19.0 Å². The van der Waals surface area contributed by atoms with Gasteiger partial charge in [0.1, 0.15) is 0 Å². The third-order valence-electron chi connectivity index (χ3n) is 3.61. The maximum absolute atomic E-state index is 3.43. The van der Waals surface area contributed by atoms with Gasteiger partial charge < -0.3 is 5.32 Å². The summed E-state index contributed by atoms with van der Waals surface area (Å²) >= 11 is 1.82. The van der Waals surface area contributed by atoms with Crippen molar-refractivity contribution in [3.05, 3.63) is 22.4 Å². The number of piperazine rings is 1. The molecule has 1 aromatic rings. The summed E-state index contributed by atoms with van der Waals surface area (Å²) in [6.07, 6.45) is 1.25. The number of hydrogen-bond donors (Lipinski definition) is 1. The normalized spacial score (nSPS) is 21.9. The molecule has 1 aliphatic heterocycles. The second kappa shape index (κ2) is 5.80. The van der Waals surface area contributed by atoms with Crippen molar-refractivity contribution >= 4 is 11.3 Å². The summed E-state index contributed by atoms with van der Waals surface area (Å²) in [7, 11) is 0. The van der Waals surface area contributed by atoms with Crippen LogP contribution in [0, 0.1) is 5.92 Å². The molecule has 0 aliphatic carbocycles. The fourth-order valence-electron chi connectivity index (χ4n) is 2.53. The van der Waals surface area contributed by atoms with Gasteiger partial charge in [-0.25, -0.2) is 0 Å². The Morgan fingerprint density at radius 1 is 1.44 bits per heavy atom. The highest BCUT2D eigenvalue weighted by atomic mass is 32.1. The van der Waals surface area contributed by atoms with Gasteiger partial charge in [0, 0.05) is 32.2 Å². The molecule has 0 spiro atoms. The van der Waals surface area contributed by atoms with Crippen LogP contribution < -0.4 is 5.32 Å². The Morgan fingerprint density at radius 2 is 2.19 bits per heavy atom. The minimum Gasteiger partial charge on any atom is -0.314 e. The summed E-state index contributed by atoms with van der Waals surface area (Å²) in [4.78, 5) is 2.65. The topological polar surface area (TPSA) is 15.3 Å². The molecule has 90 valence electrons. The average molecular weight is 238 g/mol. The number of nitrogens with zero attached hydrogens (tertiary/aromatic N) is 1. The summed E-state index contributed by atoms with van der Waals surface area (Å²) in [5.41, 5.74) is 1.52. The Balaban J connectivity index is 2.13. The molecule has 0 saturated carbocycles. The van der Waals surface area contributed by atoms with E-state index in [2.05, 4.69) is 40.9 Å². The predicted octanol–water partition coefficient (Wildman–Crippen LogP) is 2.74. The number of hydrogen-bond acceptors (Lipinski definition) is 3. The van der Waals surface area contributed by atoms with Crippen molar-refractivity contribution in [2.45, 2.75) is 26.3 Å². The molecule has 1 N–H and O–H groups in total. The van der Waals surface area contributed by atoms with Gasteiger partial charge in [0.25, 0.3) is 0 Å². The van der Waals surface area contributed by atoms with Crippen LogP contribution in [0.15, 0.2) is 16.8 Å². The van der Waals surface area contributed by atoms with Gasteiger partial charge >= 0.3 is 0 Å². The van der Waals surface area contributed by atoms with Crippen LogP contribution >= 0.6 is 11.3 Å². The highest BCUT2D eigenvalue weighted by molar-refractivity contribution is 7.07. The lowest BCUT2D eigenvalue weighted by Gasteiger charge is -2.38. The SMILES string of the molecule is CCC(C)[C@@H](c1ccsc1)N1CCNCC1. The van der Waals surface area contributed by atoms with Crippen molar-refractivity contribution in [1.29, 1.82) is 0 Å². The first-order valence-corrected chi connectivity index (χ1v) is 7.24. The summed E-state index contributed by atoms with van der Waals surface area (Å²) in [5, 5.41) is 7.95. The molecule has 0 bridgehead atoms. The van der Waals surface area contributed by atoms with Crippen molar-refractivity contribution in [2.75, 3.05) is 26.2 Å². The fraction of sp³-hybridized carbons (Fsp3) is 0.692. The molecule has 16 heavy (non-hydrogen) atoms. The molecular formula is C13H22N2S. The highest BCUT2D eigenvalue weighted by Crippen LogP contribution is 2.32. The van der Waals surface area contributed by atoms with Crippen LogP contribution in [0.5, 0.6) is 0 Å². The maximum atomic E-state index is 3.43. The number of rotatable bonds is 4. The zero-order valence-electron chi connectivity index (χ0n) is 10.3. The van der Waals surface area contributed by atoms with Crippen LogP contribution in [-0.4, -0.2) is 31.1 Å². The van der Waals surface area contributed by atoms with E-state index in [9.17, 15) is 0 Å². The van der Waals surface area contributed by atoms with E-state index in [1.807, 2.05) is 11.3 Å². The lowest BCUT2D eigenvalue weighted by Crippen LogP contribution is -2.46. The van der Waals surface area contributed by atoms with Gasteiger partial charge in [0.15, 0.2) is 0 Å². The summed E-state index contributed by atoms with van der Waals surface area (Å²) in [5.74, 6) is 0.743. The molecule has 1 saturated heterocycles. The molecule has 2 heterocycles. The summed E-state index contributed by atoms with van der Waals surface area (Å²) in [6, 6.07) is 2.92. The lowest BCUT2D eigenvalue weighted by molar-refractivity contribution is 0.129. The van der Waals surface area contributed by atoms with E-state index < -0.39 is 0 Å². The summed E-state index contributed by atoms with van der Waals surface area (Å²) in [6.45, 7) is 9.32. The van der Waals surface area contributed by atoms with E-state index >= 15 is 0 Å². The smallest absolute Gasteiger partial charge is 0.0382 e. The Bertz CT molecular complexity index is 291. The van der Waals surface area contributed by atoms with Crippen LogP contribution in [-0.2, 0) is 0 Å². The maximum Gasteiger partial charge on any atom is 0.0382 e. The zero-order valence-corrected chi connectivity index (χ0v) is 11.1. The van der Waals surface area contributed by atoms with Crippen LogP contribution in [0.3, 0.4) is 0 Å². The first-order valence-electron chi connectivity index (χ1n) is 6.29. The van der Waals surface area contributed by atoms with Gasteiger partial charge in [-0.3, -0.25) is 4.90 Å². The van der Waals surface area contributed by atoms with E-state index in [-0.39, 0.29) is 0 Å². The standard InChI is InChI=1S/C13H22N2S/c1-3-11(2)13(12-4-9-16-10-12)15-7-5-14-6-8-15/h4,9-11,13-14H,3,5-8H2,1-2H3/t11?,13-/m0/s1. The van der Waals surface area contributed by atoms with Crippen LogP contribution in [0.25, 0.3) is 0 Å².